The van der Waals surface area contributed by atoms with Crippen molar-refractivity contribution >= 4 is 96.8 Å². The molecule has 9 N–H and O–H groups in total. The summed E-state index contributed by atoms with van der Waals surface area (Å²) in [6.07, 6.45) is 0. The molecular weight excluding hydrogens is 787 g/mol. The Bertz CT molecular complexity index is 2310. The number of hydrazine groups is 1. The van der Waals surface area contributed by atoms with E-state index in [1.807, 2.05) is 23.6 Å². The largest absolute Gasteiger partial charge is 0.398 e. The van der Waals surface area contributed by atoms with Gasteiger partial charge in [-0.1, -0.05) is 30.3 Å². The molecule has 2 amide bonds. The van der Waals surface area contributed by atoms with E-state index in [0.29, 0.717) is 23.3 Å². The number of fused-ring (bicyclic) bond motifs is 1. The molecule has 0 bridgehead atoms. The molecule has 272 valence electrons. The fraction of sp³-hybridized carbons (Fsp3) is 0.111. The van der Waals surface area contributed by atoms with Gasteiger partial charge in [-0.25, -0.2) is 19.1 Å². The van der Waals surface area contributed by atoms with Crippen molar-refractivity contribution in [2.24, 2.45) is 5.84 Å². The molecule has 0 aromatic heterocycles. The topological polar surface area (TPSA) is 307 Å². The van der Waals surface area contributed by atoms with Crippen molar-refractivity contribution in [2.45, 2.75) is 20.4 Å². The number of para-hydroxylation sites is 1. The molecule has 4 rings (SSSR count). The Balaban J connectivity index is 0.000000279. The molecule has 4 aromatic carbocycles. The Morgan fingerprint density at radius 3 is 1.76 bits per heavy atom. The molecule has 17 nitrogen and oxygen atoms in total. The minimum atomic E-state index is -4.92. The average molecular weight is 816 g/mol. The summed E-state index contributed by atoms with van der Waals surface area (Å²) in [6.45, 7) is 0. The van der Waals surface area contributed by atoms with Crippen LogP contribution in [0.5, 0.6) is 0 Å². The van der Waals surface area contributed by atoms with E-state index in [1.165, 1.54) is 12.1 Å². The number of hydrogen-bond acceptors (Lipinski definition) is 12. The van der Waals surface area contributed by atoms with Crippen molar-refractivity contribution in [1.29, 1.82) is 0 Å². The van der Waals surface area contributed by atoms with Crippen molar-refractivity contribution in [2.75, 3.05) is 22.7 Å². The van der Waals surface area contributed by atoms with Crippen LogP contribution in [0.4, 0.5) is 16.2 Å². The summed E-state index contributed by atoms with van der Waals surface area (Å²) < 4.78 is 118. The lowest BCUT2D eigenvalue weighted by molar-refractivity contribution is 0.108. The summed E-state index contributed by atoms with van der Waals surface area (Å²) in [4.78, 5) is 18.8. The van der Waals surface area contributed by atoms with Crippen LogP contribution in [0.1, 0.15) is 15.9 Å². The van der Waals surface area contributed by atoms with E-state index in [9.17, 15) is 47.8 Å². The monoisotopic (exact) mass is 814 g/mol. The number of nitrogen functional groups attached to an aromatic ring is 1. The summed E-state index contributed by atoms with van der Waals surface area (Å²) >= 11 is 10.6. The fourth-order valence-corrected chi connectivity index (χ4v) is 7.69. The summed E-state index contributed by atoms with van der Waals surface area (Å²) in [6, 6.07) is 17.6. The summed E-state index contributed by atoms with van der Waals surface area (Å²) in [5.74, 6) is 4.82. The predicted octanol–water partition coefficient (Wildman–Crippen LogP) is 3.06. The molecule has 4 aromatic rings. The van der Waals surface area contributed by atoms with E-state index in [-0.39, 0.29) is 28.2 Å². The Kier molecular flexibility index (Phi) is 14.7. The lowest BCUT2D eigenvalue weighted by atomic mass is 10.1. The standard InChI is InChI=1S/C10H10Cl2O3S.C10H9NO9S3.C7H9N3O/c11-5-6-16(14,15)7-8-1-3-9(4-2-8)10(12)13;11-8-4-7-5(2-10(8)23(18,19)20)1-6(21(12,13)14)3-9(7)22(15,16)17;8-10-7(11)9-6-4-2-1-3-5-6/h1-4H,5-7H2;1-4H,11H2,(H,12,13,14)(H,15,16,17)(H,18,19,20);1-5H,8H2,(H2,9,10,11). The Morgan fingerprint density at radius 1 is 0.740 bits per heavy atom. The van der Waals surface area contributed by atoms with E-state index < -0.39 is 71.8 Å². The molecule has 0 aliphatic heterocycles. The minimum Gasteiger partial charge on any atom is -0.398 e. The van der Waals surface area contributed by atoms with Crippen LogP contribution in [0.2, 0.25) is 0 Å². The van der Waals surface area contributed by atoms with E-state index in [0.717, 1.165) is 17.8 Å². The number of alkyl halides is 1. The van der Waals surface area contributed by atoms with Crippen LogP contribution in [0.15, 0.2) is 93.5 Å². The minimum absolute atomic E-state index is 0.0508. The van der Waals surface area contributed by atoms with Gasteiger partial charge in [-0.3, -0.25) is 23.9 Å². The number of hydrogen-bond donors (Lipinski definition) is 7. The van der Waals surface area contributed by atoms with Crippen molar-refractivity contribution in [1.82, 2.24) is 5.43 Å². The van der Waals surface area contributed by atoms with Gasteiger partial charge in [-0.2, -0.15) is 25.3 Å². The second-order valence-corrected chi connectivity index (χ2v) is 16.8. The number of amides is 2. The van der Waals surface area contributed by atoms with Gasteiger partial charge in [0.15, 0.2) is 9.84 Å². The van der Waals surface area contributed by atoms with E-state index in [1.54, 1.807) is 24.3 Å². The zero-order valence-corrected chi connectivity index (χ0v) is 29.9. The van der Waals surface area contributed by atoms with Crippen molar-refractivity contribution in [3.63, 3.8) is 0 Å². The molecule has 0 radical (unpaired) electrons. The van der Waals surface area contributed by atoms with Gasteiger partial charge in [0.2, 0.25) is 0 Å². The fourth-order valence-electron chi connectivity index (χ4n) is 3.80. The summed E-state index contributed by atoms with van der Waals surface area (Å²) in [5.41, 5.74) is 8.55. The first-order valence-electron chi connectivity index (χ1n) is 13.2. The third kappa shape index (κ3) is 13.1. The first-order valence-corrected chi connectivity index (χ1v) is 20.2. The molecule has 0 spiro atoms. The van der Waals surface area contributed by atoms with Crippen molar-refractivity contribution in [3.05, 3.63) is 90.0 Å². The number of rotatable bonds is 9. The van der Waals surface area contributed by atoms with Crippen LogP contribution in [0.3, 0.4) is 0 Å². The molecule has 0 fully saturated rings. The van der Waals surface area contributed by atoms with E-state index in [4.69, 9.17) is 43.9 Å². The molecule has 0 atom stereocenters. The molecule has 0 unspecified atom stereocenters. The maximum atomic E-state index is 11.4. The van der Waals surface area contributed by atoms with Gasteiger partial charge in [0.05, 0.1) is 22.1 Å². The first-order chi connectivity index (χ1) is 23.0. The predicted molar refractivity (Wildman–Crippen MR) is 185 cm³/mol. The van der Waals surface area contributed by atoms with Gasteiger partial charge in [0.1, 0.15) is 9.79 Å². The molecule has 0 heterocycles. The molecule has 0 saturated carbocycles. The lowest BCUT2D eigenvalue weighted by Gasteiger charge is -2.10. The number of benzene rings is 4. The first kappa shape index (κ1) is 42.3. The number of carbonyl (C=O) groups excluding carboxylic acids is 2. The maximum Gasteiger partial charge on any atom is 0.333 e. The summed E-state index contributed by atoms with van der Waals surface area (Å²) in [5, 5.41) is 1.34. The van der Waals surface area contributed by atoms with Crippen LogP contribution in [0, 0.1) is 0 Å². The van der Waals surface area contributed by atoms with Crippen LogP contribution in [-0.2, 0) is 45.9 Å². The summed E-state index contributed by atoms with van der Waals surface area (Å²) in [7, 11) is -17.7. The van der Waals surface area contributed by atoms with Crippen LogP contribution < -0.4 is 22.3 Å². The van der Waals surface area contributed by atoms with Gasteiger partial charge >= 0.3 is 6.03 Å². The number of sulfone groups is 1. The van der Waals surface area contributed by atoms with Crippen molar-refractivity contribution in [3.8, 4) is 0 Å². The molecule has 0 aliphatic rings. The highest BCUT2D eigenvalue weighted by Gasteiger charge is 2.23. The lowest BCUT2D eigenvalue weighted by Crippen LogP contribution is -2.34. The number of halogens is 2. The Labute approximate surface area is 296 Å². The van der Waals surface area contributed by atoms with Crippen LogP contribution in [0.25, 0.3) is 10.8 Å². The zero-order chi connectivity index (χ0) is 38.1. The molecule has 23 heteroatoms. The Morgan fingerprint density at radius 2 is 1.30 bits per heavy atom. The van der Waals surface area contributed by atoms with Gasteiger partial charge in [0, 0.05) is 22.5 Å². The molecule has 0 aliphatic carbocycles. The zero-order valence-electron chi connectivity index (χ0n) is 25.1. The highest BCUT2D eigenvalue weighted by atomic mass is 35.5. The third-order valence-corrected chi connectivity index (χ3v) is 10.9. The molecule has 50 heavy (non-hydrogen) atoms. The van der Waals surface area contributed by atoms with E-state index in [2.05, 4.69) is 5.32 Å². The Hall–Kier alpha value is -3.90. The van der Waals surface area contributed by atoms with Crippen molar-refractivity contribution < 1.29 is 56.9 Å². The quantitative estimate of drug-likeness (QED) is 0.0243. The number of carbonyl (C=O) groups is 2. The normalized spacial score (nSPS) is 11.7. The molecular formula is C27H28Cl2N4O13S4. The second-order valence-electron chi connectivity index (χ2n) is 9.67. The smallest absolute Gasteiger partial charge is 0.333 e. The number of nitrogens with two attached hydrogens (primary N) is 2. The van der Waals surface area contributed by atoms with Crippen LogP contribution >= 0.6 is 23.2 Å². The second kappa shape index (κ2) is 17.4. The number of nitrogens with one attached hydrogen (secondary N) is 2. The van der Waals surface area contributed by atoms with Gasteiger partial charge in [0.25, 0.3) is 35.6 Å². The van der Waals surface area contributed by atoms with Gasteiger partial charge < -0.3 is 11.1 Å². The van der Waals surface area contributed by atoms with Crippen LogP contribution in [-0.4, -0.2) is 70.2 Å². The van der Waals surface area contributed by atoms with Gasteiger partial charge in [-0.05, 0) is 71.1 Å². The SMILES string of the molecule is NNC(=O)Nc1ccccc1.Nc1cc2c(S(=O)(=O)O)cc(S(=O)(=O)O)cc2cc1S(=O)(=O)O.O=C(Cl)c1ccc(CS(=O)(=O)CCCl)cc1. The number of anilines is 2. The number of urea groups is 1. The van der Waals surface area contributed by atoms with E-state index >= 15 is 0 Å². The average Bonchev–Trinajstić information content (AvgIpc) is 3.00. The molecule has 0 saturated heterocycles. The highest BCUT2D eigenvalue weighted by molar-refractivity contribution is 7.90. The van der Waals surface area contributed by atoms with Gasteiger partial charge in [-0.15, -0.1) is 11.6 Å². The highest BCUT2D eigenvalue weighted by Crippen LogP contribution is 2.32. The third-order valence-electron chi connectivity index (χ3n) is 5.99. The maximum absolute atomic E-state index is 11.4.